The molecule has 18 heavy (non-hydrogen) atoms. The van der Waals surface area contributed by atoms with Gasteiger partial charge in [-0.15, -0.1) is 0 Å². The maximum absolute atomic E-state index is 12.1. The molecule has 6 nitrogen and oxygen atoms in total. The van der Waals surface area contributed by atoms with Gasteiger partial charge in [-0.1, -0.05) is 12.1 Å². The highest BCUT2D eigenvalue weighted by atomic mass is 16.5. The van der Waals surface area contributed by atoms with Gasteiger partial charge in [0.15, 0.2) is 0 Å². The van der Waals surface area contributed by atoms with Crippen LogP contribution < -0.4 is 4.74 Å². The number of rotatable bonds is 4. The standard InChI is InChI=1S/C12H13NO5/c1-8(14)13(7-11(15)16)12(17)9-5-3-4-6-10(9)18-2/h3-6H,7H2,1-2H3,(H,15,16). The number of carbonyl (C=O) groups is 3. The van der Waals surface area contributed by atoms with E-state index in [2.05, 4.69) is 0 Å². The van der Waals surface area contributed by atoms with Crippen molar-refractivity contribution in [2.24, 2.45) is 0 Å². The van der Waals surface area contributed by atoms with Crippen LogP contribution in [0.25, 0.3) is 0 Å². The van der Waals surface area contributed by atoms with Crippen LogP contribution in [0.4, 0.5) is 0 Å². The monoisotopic (exact) mass is 251 g/mol. The van der Waals surface area contributed by atoms with Crippen molar-refractivity contribution in [3.8, 4) is 5.75 Å². The lowest BCUT2D eigenvalue weighted by atomic mass is 10.1. The Morgan fingerprint density at radius 3 is 2.39 bits per heavy atom. The van der Waals surface area contributed by atoms with Gasteiger partial charge in [-0.05, 0) is 12.1 Å². The van der Waals surface area contributed by atoms with Crippen LogP contribution in [0, 0.1) is 0 Å². The van der Waals surface area contributed by atoms with Gasteiger partial charge in [0.1, 0.15) is 12.3 Å². The highest BCUT2D eigenvalue weighted by molar-refractivity contribution is 6.07. The van der Waals surface area contributed by atoms with Crippen LogP contribution in [0.2, 0.25) is 0 Å². The number of para-hydroxylation sites is 1. The first-order valence-electron chi connectivity index (χ1n) is 5.14. The summed E-state index contributed by atoms with van der Waals surface area (Å²) in [4.78, 5) is 34.6. The lowest BCUT2D eigenvalue weighted by molar-refractivity contribution is -0.142. The van der Waals surface area contributed by atoms with Crippen molar-refractivity contribution >= 4 is 17.8 Å². The fourth-order valence-electron chi connectivity index (χ4n) is 1.43. The van der Waals surface area contributed by atoms with E-state index in [4.69, 9.17) is 9.84 Å². The molecule has 0 aliphatic heterocycles. The van der Waals surface area contributed by atoms with E-state index in [1.165, 1.54) is 13.2 Å². The van der Waals surface area contributed by atoms with Gasteiger partial charge >= 0.3 is 5.97 Å². The van der Waals surface area contributed by atoms with Gasteiger partial charge in [-0.2, -0.15) is 0 Å². The lowest BCUT2D eigenvalue weighted by Crippen LogP contribution is -2.39. The molecule has 1 aromatic rings. The average Bonchev–Trinajstić information content (AvgIpc) is 2.34. The third-order valence-corrected chi connectivity index (χ3v) is 2.26. The Bertz CT molecular complexity index is 483. The molecule has 96 valence electrons. The second-order valence-electron chi connectivity index (χ2n) is 3.50. The van der Waals surface area contributed by atoms with Crippen LogP contribution in [0.3, 0.4) is 0 Å². The van der Waals surface area contributed by atoms with Crippen LogP contribution in [-0.2, 0) is 9.59 Å². The molecule has 0 saturated heterocycles. The van der Waals surface area contributed by atoms with Crippen molar-refractivity contribution in [3.63, 3.8) is 0 Å². The molecule has 0 heterocycles. The van der Waals surface area contributed by atoms with Gasteiger partial charge in [0.25, 0.3) is 5.91 Å². The number of nitrogens with zero attached hydrogens (tertiary/aromatic N) is 1. The summed E-state index contributed by atoms with van der Waals surface area (Å²) in [6.07, 6.45) is 0. The molecule has 1 aromatic carbocycles. The normalized spacial score (nSPS) is 9.67. The number of hydrogen-bond donors (Lipinski definition) is 1. The molecule has 1 N–H and O–H groups in total. The third kappa shape index (κ3) is 3.07. The van der Waals surface area contributed by atoms with E-state index >= 15 is 0 Å². The molecule has 0 atom stereocenters. The number of ether oxygens (including phenoxy) is 1. The predicted molar refractivity (Wildman–Crippen MR) is 62.3 cm³/mol. The maximum Gasteiger partial charge on any atom is 0.323 e. The molecule has 0 unspecified atom stereocenters. The van der Waals surface area contributed by atoms with Crippen LogP contribution in [0.15, 0.2) is 24.3 Å². The molecule has 0 saturated carbocycles. The van der Waals surface area contributed by atoms with Crippen molar-refractivity contribution in [2.45, 2.75) is 6.92 Å². The Morgan fingerprint density at radius 1 is 1.28 bits per heavy atom. The Balaban J connectivity index is 3.09. The second-order valence-corrected chi connectivity index (χ2v) is 3.50. The summed E-state index contributed by atoms with van der Waals surface area (Å²) in [6, 6.07) is 6.31. The number of benzene rings is 1. The van der Waals surface area contributed by atoms with Crippen molar-refractivity contribution < 1.29 is 24.2 Å². The highest BCUT2D eigenvalue weighted by Crippen LogP contribution is 2.19. The number of carbonyl (C=O) groups excluding carboxylic acids is 2. The van der Waals surface area contributed by atoms with E-state index in [0.717, 1.165) is 6.92 Å². The number of amides is 2. The Labute approximate surface area is 104 Å². The molecular formula is C12H13NO5. The van der Waals surface area contributed by atoms with Crippen LogP contribution in [-0.4, -0.2) is 41.4 Å². The van der Waals surface area contributed by atoms with Gasteiger partial charge < -0.3 is 9.84 Å². The summed E-state index contributed by atoms with van der Waals surface area (Å²) in [6.45, 7) is 0.461. The zero-order valence-corrected chi connectivity index (χ0v) is 10.0. The van der Waals surface area contributed by atoms with Gasteiger partial charge in [0.05, 0.1) is 12.7 Å². The molecule has 0 fully saturated rings. The summed E-state index contributed by atoms with van der Waals surface area (Å²) in [7, 11) is 1.39. The first-order chi connectivity index (χ1) is 8.47. The van der Waals surface area contributed by atoms with E-state index in [1.807, 2.05) is 0 Å². The van der Waals surface area contributed by atoms with Crippen molar-refractivity contribution in [1.82, 2.24) is 4.90 Å². The van der Waals surface area contributed by atoms with Crippen molar-refractivity contribution in [2.75, 3.05) is 13.7 Å². The lowest BCUT2D eigenvalue weighted by Gasteiger charge is -2.18. The minimum atomic E-state index is -1.26. The Morgan fingerprint density at radius 2 is 1.89 bits per heavy atom. The summed E-state index contributed by atoms with van der Waals surface area (Å²) >= 11 is 0. The number of hydrogen-bond acceptors (Lipinski definition) is 4. The van der Waals surface area contributed by atoms with Crippen LogP contribution in [0.1, 0.15) is 17.3 Å². The summed E-state index contributed by atoms with van der Waals surface area (Å²) in [5.41, 5.74) is 0.149. The summed E-state index contributed by atoms with van der Waals surface area (Å²) < 4.78 is 5.00. The molecule has 2 amide bonds. The number of carboxylic acids is 1. The number of carboxylic acid groups (broad SMARTS) is 1. The summed E-state index contributed by atoms with van der Waals surface area (Å²) in [5.74, 6) is -2.29. The Kier molecular flexibility index (Phi) is 4.42. The summed E-state index contributed by atoms with van der Waals surface area (Å²) in [5, 5.41) is 8.68. The first-order valence-corrected chi connectivity index (χ1v) is 5.14. The fourth-order valence-corrected chi connectivity index (χ4v) is 1.43. The van der Waals surface area contributed by atoms with E-state index in [-0.39, 0.29) is 5.56 Å². The molecule has 0 spiro atoms. The zero-order chi connectivity index (χ0) is 13.7. The zero-order valence-electron chi connectivity index (χ0n) is 10.0. The van der Waals surface area contributed by atoms with E-state index in [1.54, 1.807) is 18.2 Å². The average molecular weight is 251 g/mol. The Hall–Kier alpha value is -2.37. The van der Waals surface area contributed by atoms with Gasteiger partial charge in [0, 0.05) is 6.92 Å². The van der Waals surface area contributed by atoms with E-state index in [9.17, 15) is 14.4 Å². The molecule has 0 aliphatic carbocycles. The van der Waals surface area contributed by atoms with E-state index < -0.39 is 24.3 Å². The number of aliphatic carboxylic acids is 1. The molecular weight excluding hydrogens is 238 g/mol. The molecule has 0 aromatic heterocycles. The topological polar surface area (TPSA) is 83.9 Å². The second kappa shape index (κ2) is 5.81. The third-order valence-electron chi connectivity index (χ3n) is 2.26. The maximum atomic E-state index is 12.1. The number of imide groups is 1. The molecule has 0 aliphatic rings. The molecule has 6 heteroatoms. The molecule has 0 bridgehead atoms. The minimum Gasteiger partial charge on any atom is -0.496 e. The van der Waals surface area contributed by atoms with Crippen LogP contribution >= 0.6 is 0 Å². The predicted octanol–water partition coefficient (Wildman–Crippen LogP) is 0.768. The largest absolute Gasteiger partial charge is 0.496 e. The van der Waals surface area contributed by atoms with Crippen molar-refractivity contribution in [3.05, 3.63) is 29.8 Å². The minimum absolute atomic E-state index is 0.149. The van der Waals surface area contributed by atoms with Crippen molar-refractivity contribution in [1.29, 1.82) is 0 Å². The SMILES string of the molecule is COc1ccccc1C(=O)N(CC(=O)O)C(C)=O. The van der Waals surface area contributed by atoms with Gasteiger partial charge in [0.2, 0.25) is 5.91 Å². The quantitative estimate of drug-likeness (QED) is 0.854. The first kappa shape index (κ1) is 13.7. The van der Waals surface area contributed by atoms with Crippen LogP contribution in [0.5, 0.6) is 5.75 Å². The number of methoxy groups -OCH3 is 1. The van der Waals surface area contributed by atoms with Gasteiger partial charge in [-0.25, -0.2) is 0 Å². The van der Waals surface area contributed by atoms with Gasteiger partial charge in [-0.3, -0.25) is 19.3 Å². The van der Waals surface area contributed by atoms with E-state index in [0.29, 0.717) is 10.6 Å². The molecule has 1 rings (SSSR count). The fraction of sp³-hybridized carbons (Fsp3) is 0.250. The smallest absolute Gasteiger partial charge is 0.323 e. The highest BCUT2D eigenvalue weighted by Gasteiger charge is 2.24. The molecule has 0 radical (unpaired) electrons.